The summed E-state index contributed by atoms with van der Waals surface area (Å²) in [5.41, 5.74) is 2.31. The lowest BCUT2D eigenvalue weighted by atomic mass is 10.1. The van der Waals surface area contributed by atoms with E-state index in [1.165, 1.54) is 5.56 Å². The summed E-state index contributed by atoms with van der Waals surface area (Å²) in [7, 11) is -2.90. The van der Waals surface area contributed by atoms with Crippen molar-refractivity contribution in [1.82, 2.24) is 5.32 Å². The summed E-state index contributed by atoms with van der Waals surface area (Å²) in [6.07, 6.45) is 0.533. The predicted molar refractivity (Wildman–Crippen MR) is 87.7 cm³/mol. The number of hydrogen-bond donors (Lipinski definition) is 1. The van der Waals surface area contributed by atoms with Gasteiger partial charge in [0.2, 0.25) is 0 Å². The monoisotopic (exact) mass is 313 g/mol. The van der Waals surface area contributed by atoms with Gasteiger partial charge in [-0.05, 0) is 44.0 Å². The number of nitrogens with one attached hydrogen (secondary N) is 1. The zero-order chi connectivity index (χ0) is 15.9. The Morgan fingerprint density at radius 1 is 1.29 bits per heavy atom. The van der Waals surface area contributed by atoms with Crippen molar-refractivity contribution in [2.24, 2.45) is 0 Å². The van der Waals surface area contributed by atoms with E-state index in [1.807, 2.05) is 13.0 Å². The van der Waals surface area contributed by atoms with E-state index in [0.717, 1.165) is 17.9 Å². The first-order chi connectivity index (χ1) is 9.89. The third-order valence-corrected chi connectivity index (χ3v) is 5.30. The van der Waals surface area contributed by atoms with E-state index in [0.29, 0.717) is 19.1 Å². The normalized spacial score (nSPS) is 13.1. The van der Waals surface area contributed by atoms with Crippen LogP contribution < -0.4 is 10.1 Å². The highest BCUT2D eigenvalue weighted by Gasteiger charge is 2.09. The van der Waals surface area contributed by atoms with Gasteiger partial charge in [-0.25, -0.2) is 8.42 Å². The summed E-state index contributed by atoms with van der Waals surface area (Å²) in [5, 5.41) is 3.38. The van der Waals surface area contributed by atoms with E-state index in [2.05, 4.69) is 31.3 Å². The Morgan fingerprint density at radius 2 is 2.00 bits per heavy atom. The molecular weight excluding hydrogens is 286 g/mol. The van der Waals surface area contributed by atoms with Gasteiger partial charge < -0.3 is 10.1 Å². The van der Waals surface area contributed by atoms with Crippen LogP contribution in [-0.4, -0.2) is 33.1 Å². The van der Waals surface area contributed by atoms with Crippen molar-refractivity contribution >= 4 is 9.84 Å². The highest BCUT2D eigenvalue weighted by molar-refractivity contribution is 7.91. The number of ether oxygens (including phenoxy) is 1. The molecular formula is C16H27NO3S. The number of sulfone groups is 1. The number of hydrogen-bond acceptors (Lipinski definition) is 4. The van der Waals surface area contributed by atoms with E-state index in [1.54, 1.807) is 6.92 Å². The van der Waals surface area contributed by atoms with E-state index in [4.69, 9.17) is 4.74 Å². The molecule has 1 N–H and O–H groups in total. The van der Waals surface area contributed by atoms with Gasteiger partial charge in [0.15, 0.2) is 0 Å². The highest BCUT2D eigenvalue weighted by Crippen LogP contribution is 2.22. The Bertz CT molecular complexity index is 540. The minimum absolute atomic E-state index is 0.193. The predicted octanol–water partition coefficient (Wildman–Crippen LogP) is 2.87. The summed E-state index contributed by atoms with van der Waals surface area (Å²) in [6, 6.07) is 6.45. The molecule has 0 bridgehead atoms. The Balaban J connectivity index is 2.53. The van der Waals surface area contributed by atoms with Gasteiger partial charge >= 0.3 is 0 Å². The van der Waals surface area contributed by atoms with Crippen LogP contribution in [0.2, 0.25) is 0 Å². The summed E-state index contributed by atoms with van der Waals surface area (Å²) in [4.78, 5) is 0. The molecule has 21 heavy (non-hydrogen) atoms. The average molecular weight is 313 g/mol. The second kappa shape index (κ2) is 8.39. The van der Waals surface area contributed by atoms with Crippen molar-refractivity contribution in [1.29, 1.82) is 0 Å². The van der Waals surface area contributed by atoms with Gasteiger partial charge in [-0.3, -0.25) is 0 Å². The lowest BCUT2D eigenvalue weighted by Gasteiger charge is -2.15. The molecule has 1 aromatic carbocycles. The van der Waals surface area contributed by atoms with Crippen LogP contribution in [0.4, 0.5) is 0 Å². The number of aryl methyl sites for hydroxylation is 1. The molecule has 1 atom stereocenters. The molecule has 0 aromatic heterocycles. The van der Waals surface area contributed by atoms with Gasteiger partial charge in [0.05, 0.1) is 12.4 Å². The Hall–Kier alpha value is -1.07. The maximum Gasteiger partial charge on any atom is 0.150 e. The molecule has 0 aliphatic carbocycles. The van der Waals surface area contributed by atoms with Crippen LogP contribution in [0, 0.1) is 6.92 Å². The second-order valence-electron chi connectivity index (χ2n) is 5.24. The largest absolute Gasteiger partial charge is 0.493 e. The van der Waals surface area contributed by atoms with E-state index >= 15 is 0 Å². The highest BCUT2D eigenvalue weighted by atomic mass is 32.2. The molecule has 4 nitrogen and oxygen atoms in total. The van der Waals surface area contributed by atoms with Gasteiger partial charge in [-0.2, -0.15) is 0 Å². The van der Waals surface area contributed by atoms with Crippen molar-refractivity contribution in [2.45, 2.75) is 40.2 Å². The van der Waals surface area contributed by atoms with Crippen molar-refractivity contribution in [3.05, 3.63) is 29.3 Å². The Labute approximate surface area is 128 Å². The number of rotatable bonds is 9. The van der Waals surface area contributed by atoms with Crippen LogP contribution in [0.5, 0.6) is 5.75 Å². The molecule has 120 valence electrons. The molecule has 0 heterocycles. The Kier molecular flexibility index (Phi) is 7.18. The lowest BCUT2D eigenvalue weighted by Crippen LogP contribution is -2.17. The number of benzene rings is 1. The van der Waals surface area contributed by atoms with Gasteiger partial charge in [-0.15, -0.1) is 0 Å². The molecule has 0 saturated carbocycles. The molecule has 0 aliphatic rings. The summed E-state index contributed by atoms with van der Waals surface area (Å²) >= 11 is 0. The minimum Gasteiger partial charge on any atom is -0.493 e. The first kappa shape index (κ1) is 18.0. The standard InChI is InChI=1S/C16H27NO3S/c1-5-17-14(4)15-8-9-16(13(3)12-15)20-10-7-11-21(18,19)6-2/h8-9,12,14,17H,5-7,10-11H2,1-4H3. The second-order valence-corrected chi connectivity index (χ2v) is 7.72. The van der Waals surface area contributed by atoms with E-state index in [9.17, 15) is 8.42 Å². The maximum absolute atomic E-state index is 11.4. The molecule has 0 fully saturated rings. The molecule has 1 unspecified atom stereocenters. The Morgan fingerprint density at radius 3 is 2.57 bits per heavy atom. The summed E-state index contributed by atoms with van der Waals surface area (Å²) in [5.74, 6) is 1.22. The van der Waals surface area contributed by atoms with Crippen LogP contribution in [-0.2, 0) is 9.84 Å². The van der Waals surface area contributed by atoms with Gasteiger partial charge in [0.1, 0.15) is 15.6 Å². The van der Waals surface area contributed by atoms with Crippen molar-refractivity contribution in [3.8, 4) is 5.75 Å². The maximum atomic E-state index is 11.4. The lowest BCUT2D eigenvalue weighted by molar-refractivity contribution is 0.315. The average Bonchev–Trinajstić information content (AvgIpc) is 2.45. The van der Waals surface area contributed by atoms with Crippen molar-refractivity contribution < 1.29 is 13.2 Å². The molecule has 1 aromatic rings. The van der Waals surface area contributed by atoms with Gasteiger partial charge in [0.25, 0.3) is 0 Å². The fraction of sp³-hybridized carbons (Fsp3) is 0.625. The molecule has 0 aliphatic heterocycles. The molecule has 0 amide bonds. The minimum atomic E-state index is -2.90. The fourth-order valence-corrected chi connectivity index (χ4v) is 2.98. The fourth-order valence-electron chi connectivity index (χ4n) is 2.13. The van der Waals surface area contributed by atoms with Crippen LogP contribution in [0.25, 0.3) is 0 Å². The zero-order valence-corrected chi connectivity index (χ0v) is 14.3. The van der Waals surface area contributed by atoms with Crippen LogP contribution in [0.3, 0.4) is 0 Å². The first-order valence-corrected chi connectivity index (χ1v) is 9.39. The zero-order valence-electron chi connectivity index (χ0n) is 13.5. The molecule has 0 spiro atoms. The SMILES string of the molecule is CCNC(C)c1ccc(OCCCS(=O)(=O)CC)c(C)c1. The smallest absolute Gasteiger partial charge is 0.150 e. The van der Waals surface area contributed by atoms with Crippen molar-refractivity contribution in [3.63, 3.8) is 0 Å². The first-order valence-electron chi connectivity index (χ1n) is 7.56. The topological polar surface area (TPSA) is 55.4 Å². The summed E-state index contributed by atoms with van der Waals surface area (Å²) < 4.78 is 28.5. The third-order valence-electron chi connectivity index (χ3n) is 3.51. The molecule has 5 heteroatoms. The van der Waals surface area contributed by atoms with Crippen LogP contribution >= 0.6 is 0 Å². The van der Waals surface area contributed by atoms with E-state index in [-0.39, 0.29) is 11.5 Å². The van der Waals surface area contributed by atoms with Crippen molar-refractivity contribution in [2.75, 3.05) is 24.7 Å². The summed E-state index contributed by atoms with van der Waals surface area (Å²) in [6.45, 7) is 9.27. The molecule has 1 rings (SSSR count). The third kappa shape index (κ3) is 6.06. The van der Waals surface area contributed by atoms with E-state index < -0.39 is 9.84 Å². The van der Waals surface area contributed by atoms with Crippen LogP contribution in [0.1, 0.15) is 44.4 Å². The molecule has 0 radical (unpaired) electrons. The quantitative estimate of drug-likeness (QED) is 0.712. The molecule has 0 saturated heterocycles. The van der Waals surface area contributed by atoms with Gasteiger partial charge in [0, 0.05) is 11.8 Å². The van der Waals surface area contributed by atoms with Crippen LogP contribution in [0.15, 0.2) is 18.2 Å². The van der Waals surface area contributed by atoms with Gasteiger partial charge in [-0.1, -0.05) is 26.0 Å².